The quantitative estimate of drug-likeness (QED) is 0.924. The Morgan fingerprint density at radius 3 is 2.52 bits per heavy atom. The van der Waals surface area contributed by atoms with Gasteiger partial charge in [-0.15, -0.1) is 0 Å². The van der Waals surface area contributed by atoms with Crippen LogP contribution >= 0.6 is 0 Å². The van der Waals surface area contributed by atoms with Gasteiger partial charge in [0.25, 0.3) is 0 Å². The Labute approximate surface area is 147 Å². The summed E-state index contributed by atoms with van der Waals surface area (Å²) in [5.41, 5.74) is 1.19. The molecule has 1 aromatic carbocycles. The molecule has 2 aliphatic rings. The third-order valence-corrected chi connectivity index (χ3v) is 5.87. The van der Waals surface area contributed by atoms with Crippen LogP contribution < -0.4 is 14.4 Å². The molecule has 25 heavy (non-hydrogen) atoms. The molecular weight excluding hydrogens is 318 g/mol. The van der Waals surface area contributed by atoms with Crippen LogP contribution in [0.2, 0.25) is 0 Å². The summed E-state index contributed by atoms with van der Waals surface area (Å²) in [6, 6.07) is 3.88. The predicted octanol–water partition coefficient (Wildman–Crippen LogP) is 2.78. The fourth-order valence-corrected chi connectivity index (χ4v) is 4.36. The number of hydrogen-bond donors (Lipinski definition) is 1. The number of fused-ring (bicyclic) bond motifs is 1. The van der Waals surface area contributed by atoms with Crippen molar-refractivity contribution >= 4 is 16.7 Å². The lowest BCUT2D eigenvalue weighted by Gasteiger charge is -2.35. The number of methoxy groups -OCH3 is 2. The van der Waals surface area contributed by atoms with E-state index in [1.807, 2.05) is 12.1 Å². The van der Waals surface area contributed by atoms with E-state index in [-0.39, 0.29) is 6.10 Å². The van der Waals surface area contributed by atoms with Crippen LogP contribution in [-0.2, 0) is 0 Å². The zero-order valence-electron chi connectivity index (χ0n) is 14.9. The van der Waals surface area contributed by atoms with Gasteiger partial charge in [0.05, 0.1) is 25.8 Å². The molecule has 2 heterocycles. The molecule has 1 aromatic heterocycles. The largest absolute Gasteiger partial charge is 0.493 e. The summed E-state index contributed by atoms with van der Waals surface area (Å²) in [6.07, 6.45) is 6.72. The molecule has 1 saturated carbocycles. The lowest BCUT2D eigenvalue weighted by Crippen LogP contribution is -2.33. The molecule has 0 atom stereocenters. The van der Waals surface area contributed by atoms with Gasteiger partial charge < -0.3 is 19.5 Å². The Hall–Kier alpha value is -2.08. The van der Waals surface area contributed by atoms with Crippen molar-refractivity contribution in [2.45, 2.75) is 38.2 Å². The second-order valence-corrected chi connectivity index (χ2v) is 7.32. The summed E-state index contributed by atoms with van der Waals surface area (Å²) in [6.45, 7) is 2.00. The molecule has 2 fully saturated rings. The number of rotatable bonds is 3. The van der Waals surface area contributed by atoms with Crippen LogP contribution in [0.25, 0.3) is 10.9 Å². The molecule has 0 amide bonds. The van der Waals surface area contributed by atoms with Gasteiger partial charge in [0, 0.05) is 24.5 Å². The zero-order chi connectivity index (χ0) is 17.4. The maximum absolute atomic E-state index is 9.82. The maximum atomic E-state index is 9.82. The lowest BCUT2D eigenvalue weighted by molar-refractivity contribution is 0.0729. The first kappa shape index (κ1) is 16.4. The highest BCUT2D eigenvalue weighted by molar-refractivity contribution is 5.92. The number of benzene rings is 1. The smallest absolute Gasteiger partial charge is 0.162 e. The van der Waals surface area contributed by atoms with Crippen molar-refractivity contribution in [2.75, 3.05) is 32.2 Å². The van der Waals surface area contributed by atoms with E-state index in [4.69, 9.17) is 9.47 Å². The average molecular weight is 343 g/mol. The highest BCUT2D eigenvalue weighted by atomic mass is 16.5. The van der Waals surface area contributed by atoms with Gasteiger partial charge in [0.1, 0.15) is 12.1 Å². The average Bonchev–Trinajstić information content (AvgIpc) is 3.06. The van der Waals surface area contributed by atoms with Crippen molar-refractivity contribution < 1.29 is 14.6 Å². The number of aliphatic hydroxyl groups excluding tert-OH is 1. The fourth-order valence-electron chi connectivity index (χ4n) is 4.36. The molecule has 1 spiro atoms. The molecule has 4 rings (SSSR count). The molecule has 0 bridgehead atoms. The van der Waals surface area contributed by atoms with Gasteiger partial charge in [-0.05, 0) is 43.6 Å². The standard InChI is InChI=1S/C19H25N3O3/c1-24-16-9-14-15(10-17(16)25-2)20-12-21-18(14)22-8-7-19(11-22)5-3-13(23)4-6-19/h9-10,12-13,23H,3-8,11H2,1-2H3. The first-order valence-electron chi connectivity index (χ1n) is 8.94. The molecule has 1 saturated heterocycles. The van der Waals surface area contributed by atoms with Crippen LogP contribution in [0.15, 0.2) is 18.5 Å². The highest BCUT2D eigenvalue weighted by Crippen LogP contribution is 2.45. The van der Waals surface area contributed by atoms with Crippen molar-refractivity contribution in [1.29, 1.82) is 0 Å². The van der Waals surface area contributed by atoms with Crippen molar-refractivity contribution in [3.63, 3.8) is 0 Å². The summed E-state index contributed by atoms with van der Waals surface area (Å²) in [7, 11) is 3.28. The van der Waals surface area contributed by atoms with Crippen molar-refractivity contribution in [3.8, 4) is 11.5 Å². The van der Waals surface area contributed by atoms with E-state index in [9.17, 15) is 5.11 Å². The summed E-state index contributed by atoms with van der Waals surface area (Å²) < 4.78 is 10.8. The number of anilines is 1. The maximum Gasteiger partial charge on any atom is 0.162 e. The molecule has 0 radical (unpaired) electrons. The SMILES string of the molecule is COc1cc2ncnc(N3CCC4(CCC(O)CC4)C3)c2cc1OC. The molecule has 1 N–H and O–H groups in total. The van der Waals surface area contributed by atoms with E-state index in [1.165, 1.54) is 6.42 Å². The van der Waals surface area contributed by atoms with Gasteiger partial charge in [-0.1, -0.05) is 0 Å². The van der Waals surface area contributed by atoms with Crippen LogP contribution in [0.5, 0.6) is 11.5 Å². The number of aliphatic hydroxyl groups is 1. The minimum Gasteiger partial charge on any atom is -0.493 e. The first-order valence-corrected chi connectivity index (χ1v) is 8.94. The Balaban J connectivity index is 1.68. The molecule has 6 nitrogen and oxygen atoms in total. The van der Waals surface area contributed by atoms with E-state index in [0.29, 0.717) is 16.9 Å². The monoisotopic (exact) mass is 343 g/mol. The predicted molar refractivity (Wildman–Crippen MR) is 96.4 cm³/mol. The minimum atomic E-state index is -0.115. The summed E-state index contributed by atoms with van der Waals surface area (Å²) in [5.74, 6) is 2.34. The third-order valence-electron chi connectivity index (χ3n) is 5.87. The summed E-state index contributed by atoms with van der Waals surface area (Å²) >= 11 is 0. The van der Waals surface area contributed by atoms with E-state index in [2.05, 4.69) is 14.9 Å². The van der Waals surface area contributed by atoms with Crippen LogP contribution in [-0.4, -0.2) is 48.5 Å². The number of ether oxygens (including phenoxy) is 2. The van der Waals surface area contributed by atoms with Crippen LogP contribution in [0.1, 0.15) is 32.1 Å². The van der Waals surface area contributed by atoms with Gasteiger partial charge in [-0.2, -0.15) is 0 Å². The highest BCUT2D eigenvalue weighted by Gasteiger charge is 2.41. The molecular formula is C19H25N3O3. The second-order valence-electron chi connectivity index (χ2n) is 7.32. The van der Waals surface area contributed by atoms with Gasteiger partial charge in [-0.3, -0.25) is 0 Å². The molecule has 1 aliphatic heterocycles. The molecule has 0 unspecified atom stereocenters. The minimum absolute atomic E-state index is 0.115. The molecule has 1 aliphatic carbocycles. The van der Waals surface area contributed by atoms with E-state index < -0.39 is 0 Å². The number of nitrogens with zero attached hydrogens (tertiary/aromatic N) is 3. The summed E-state index contributed by atoms with van der Waals surface area (Å²) in [4.78, 5) is 11.4. The van der Waals surface area contributed by atoms with Crippen LogP contribution in [0.4, 0.5) is 5.82 Å². The molecule has 6 heteroatoms. The Bertz CT molecular complexity index is 772. The Kier molecular flexibility index (Phi) is 4.15. The van der Waals surface area contributed by atoms with Crippen molar-refractivity contribution in [2.24, 2.45) is 5.41 Å². The van der Waals surface area contributed by atoms with Gasteiger partial charge in [0.2, 0.25) is 0 Å². The van der Waals surface area contributed by atoms with Gasteiger partial charge >= 0.3 is 0 Å². The van der Waals surface area contributed by atoms with E-state index >= 15 is 0 Å². The van der Waals surface area contributed by atoms with E-state index in [0.717, 1.165) is 55.5 Å². The van der Waals surface area contributed by atoms with E-state index in [1.54, 1.807) is 20.5 Å². The van der Waals surface area contributed by atoms with Crippen molar-refractivity contribution in [1.82, 2.24) is 9.97 Å². The van der Waals surface area contributed by atoms with Crippen molar-refractivity contribution in [3.05, 3.63) is 18.5 Å². The van der Waals surface area contributed by atoms with Gasteiger partial charge in [0.15, 0.2) is 11.5 Å². The molecule has 134 valence electrons. The van der Waals surface area contributed by atoms with Gasteiger partial charge in [-0.25, -0.2) is 9.97 Å². The number of hydrogen-bond acceptors (Lipinski definition) is 6. The normalized spacial score (nSPS) is 26.4. The lowest BCUT2D eigenvalue weighted by atomic mass is 9.73. The summed E-state index contributed by atoms with van der Waals surface area (Å²) in [5, 5.41) is 10.8. The van der Waals surface area contributed by atoms with Crippen LogP contribution in [0.3, 0.4) is 0 Å². The zero-order valence-corrected chi connectivity index (χ0v) is 14.9. The molecule has 2 aromatic rings. The Morgan fingerprint density at radius 2 is 1.80 bits per heavy atom. The third kappa shape index (κ3) is 2.88. The van der Waals surface area contributed by atoms with Crippen LogP contribution in [0, 0.1) is 5.41 Å². The second kappa shape index (κ2) is 6.33. The number of aromatic nitrogens is 2. The fraction of sp³-hybridized carbons (Fsp3) is 0.579. The first-order chi connectivity index (χ1) is 12.1. The topological polar surface area (TPSA) is 67.7 Å². The Morgan fingerprint density at radius 1 is 1.08 bits per heavy atom.